The molecule has 0 radical (unpaired) electrons. The third kappa shape index (κ3) is 5.87. The number of carbonyl (C=O) groups excluding carboxylic acids is 1. The van der Waals surface area contributed by atoms with E-state index in [1.54, 1.807) is 18.0 Å². The van der Waals surface area contributed by atoms with Gasteiger partial charge in [-0.2, -0.15) is 0 Å². The van der Waals surface area contributed by atoms with Crippen LogP contribution in [0.1, 0.15) is 42.4 Å². The van der Waals surface area contributed by atoms with Crippen molar-refractivity contribution in [2.45, 2.75) is 41.8 Å². The zero-order valence-corrected chi connectivity index (χ0v) is 22.1. The molecule has 2 atom stereocenters. The number of para-hydroxylation sites is 1. The van der Waals surface area contributed by atoms with Gasteiger partial charge in [-0.3, -0.25) is 9.78 Å². The summed E-state index contributed by atoms with van der Waals surface area (Å²) < 4.78 is 6.33. The van der Waals surface area contributed by atoms with E-state index in [9.17, 15) is 4.79 Å². The zero-order chi connectivity index (χ0) is 25.6. The lowest BCUT2D eigenvalue weighted by molar-refractivity contribution is -0.116. The highest BCUT2D eigenvalue weighted by Crippen LogP contribution is 2.41. The number of benzene rings is 2. The first kappa shape index (κ1) is 25.0. The van der Waals surface area contributed by atoms with E-state index in [1.165, 1.54) is 0 Å². The molecule has 1 aliphatic heterocycles. The van der Waals surface area contributed by atoms with Crippen LogP contribution in [0, 0.1) is 0 Å². The topological polar surface area (TPSA) is 70.4 Å². The highest BCUT2D eigenvalue weighted by molar-refractivity contribution is 7.99. The van der Waals surface area contributed by atoms with Gasteiger partial charge < -0.3 is 20.0 Å². The molecule has 0 spiro atoms. The molecule has 2 aromatic carbocycles. The lowest BCUT2D eigenvalue weighted by Gasteiger charge is -2.25. The van der Waals surface area contributed by atoms with Crippen LogP contribution in [0.15, 0.2) is 106 Å². The second-order valence-electron chi connectivity index (χ2n) is 8.70. The molecule has 1 aliphatic rings. The van der Waals surface area contributed by atoms with Crippen molar-refractivity contribution in [3.63, 3.8) is 0 Å². The second kappa shape index (κ2) is 11.6. The molecule has 188 valence electrons. The molecule has 0 saturated carbocycles. The van der Waals surface area contributed by atoms with Crippen LogP contribution < -0.4 is 10.6 Å². The third-order valence-electron chi connectivity index (χ3n) is 6.31. The number of hydrogen-bond acceptors (Lipinski definition) is 5. The van der Waals surface area contributed by atoms with Crippen molar-refractivity contribution in [2.75, 3.05) is 11.9 Å². The van der Waals surface area contributed by atoms with E-state index in [0.717, 1.165) is 39.1 Å². The summed E-state index contributed by atoms with van der Waals surface area (Å²) in [5.74, 6) is 0.724. The van der Waals surface area contributed by atoms with E-state index in [2.05, 4.69) is 34.7 Å². The van der Waals surface area contributed by atoms with Gasteiger partial charge in [0, 0.05) is 29.7 Å². The van der Waals surface area contributed by atoms with E-state index in [1.807, 2.05) is 77.7 Å². The SMILES string of the molecule is CCc1ccccc1NC(=O)CCN1C(=S)NC(c2ccccn2)C1c1ccc(Sc2ccccc2)o1. The van der Waals surface area contributed by atoms with Gasteiger partial charge >= 0.3 is 0 Å². The lowest BCUT2D eigenvalue weighted by Crippen LogP contribution is -2.32. The Bertz CT molecular complexity index is 1360. The van der Waals surface area contributed by atoms with Gasteiger partial charge in [0.2, 0.25) is 5.91 Å². The van der Waals surface area contributed by atoms with Crippen LogP contribution in [-0.4, -0.2) is 27.4 Å². The number of anilines is 1. The smallest absolute Gasteiger partial charge is 0.226 e. The summed E-state index contributed by atoms with van der Waals surface area (Å²) in [6, 6.07) is 27.4. The Hall–Kier alpha value is -3.62. The van der Waals surface area contributed by atoms with Crippen LogP contribution in [0.4, 0.5) is 5.69 Å². The molecular formula is C29H28N4O2S2. The number of rotatable bonds is 9. The van der Waals surface area contributed by atoms with Crippen LogP contribution in [-0.2, 0) is 11.2 Å². The maximum atomic E-state index is 12.9. The normalized spacial score (nSPS) is 17.0. The zero-order valence-electron chi connectivity index (χ0n) is 20.5. The van der Waals surface area contributed by atoms with Crippen LogP contribution in [0.3, 0.4) is 0 Å². The molecule has 1 saturated heterocycles. The predicted molar refractivity (Wildman–Crippen MR) is 150 cm³/mol. The minimum atomic E-state index is -0.233. The minimum Gasteiger partial charge on any atom is -0.452 e. The van der Waals surface area contributed by atoms with E-state index in [4.69, 9.17) is 16.6 Å². The van der Waals surface area contributed by atoms with Crippen LogP contribution in [0.2, 0.25) is 0 Å². The summed E-state index contributed by atoms with van der Waals surface area (Å²) in [4.78, 5) is 20.6. The molecule has 2 unspecified atom stereocenters. The lowest BCUT2D eigenvalue weighted by atomic mass is 10.0. The van der Waals surface area contributed by atoms with Gasteiger partial charge in [-0.05, 0) is 66.7 Å². The maximum Gasteiger partial charge on any atom is 0.226 e. The first-order chi connectivity index (χ1) is 18.1. The van der Waals surface area contributed by atoms with Crippen molar-refractivity contribution < 1.29 is 9.21 Å². The first-order valence-electron chi connectivity index (χ1n) is 12.3. The molecule has 37 heavy (non-hydrogen) atoms. The van der Waals surface area contributed by atoms with E-state index < -0.39 is 0 Å². The summed E-state index contributed by atoms with van der Waals surface area (Å²) in [6.07, 6.45) is 2.92. The summed E-state index contributed by atoms with van der Waals surface area (Å²) in [6.45, 7) is 2.52. The number of hydrogen-bond donors (Lipinski definition) is 2. The number of carbonyl (C=O) groups is 1. The van der Waals surface area contributed by atoms with E-state index >= 15 is 0 Å². The van der Waals surface area contributed by atoms with Gasteiger partial charge in [-0.25, -0.2) is 0 Å². The van der Waals surface area contributed by atoms with Crippen LogP contribution >= 0.6 is 24.0 Å². The molecule has 1 amide bonds. The highest BCUT2D eigenvalue weighted by atomic mass is 32.2. The quantitative estimate of drug-likeness (QED) is 0.244. The van der Waals surface area contributed by atoms with Crippen molar-refractivity contribution in [2.24, 2.45) is 0 Å². The maximum absolute atomic E-state index is 12.9. The Balaban J connectivity index is 1.36. The molecular weight excluding hydrogens is 500 g/mol. The fourth-order valence-corrected chi connectivity index (χ4v) is 5.62. The number of thiocarbonyl (C=S) groups is 1. The van der Waals surface area contributed by atoms with Crippen molar-refractivity contribution in [3.8, 4) is 0 Å². The predicted octanol–water partition coefficient (Wildman–Crippen LogP) is 6.39. The monoisotopic (exact) mass is 528 g/mol. The van der Waals surface area contributed by atoms with Gasteiger partial charge in [0.1, 0.15) is 11.8 Å². The Morgan fingerprint density at radius 3 is 2.62 bits per heavy atom. The molecule has 8 heteroatoms. The standard InChI is InChI=1S/C29H28N4O2S2/c1-2-20-10-6-7-13-22(20)31-25(34)17-19-33-28(27(32-29(33)36)23-14-8-9-18-30-23)24-15-16-26(35-24)37-21-11-4-3-5-12-21/h3-16,18,27-28H,2,17,19H2,1H3,(H,31,34)(H,32,36). The number of amides is 1. The largest absolute Gasteiger partial charge is 0.452 e. The molecule has 4 aromatic rings. The van der Waals surface area contributed by atoms with Crippen molar-refractivity contribution in [3.05, 3.63) is 108 Å². The average molecular weight is 529 g/mol. The number of nitrogens with zero attached hydrogens (tertiary/aromatic N) is 2. The number of aromatic nitrogens is 1. The molecule has 0 aliphatic carbocycles. The third-order valence-corrected chi connectivity index (χ3v) is 7.59. The Kier molecular flexibility index (Phi) is 7.87. The Morgan fingerprint density at radius 2 is 1.84 bits per heavy atom. The minimum absolute atomic E-state index is 0.0523. The summed E-state index contributed by atoms with van der Waals surface area (Å²) in [5.41, 5.74) is 2.84. The molecule has 1 fully saturated rings. The van der Waals surface area contributed by atoms with Gasteiger partial charge in [0.05, 0.1) is 11.7 Å². The highest BCUT2D eigenvalue weighted by Gasteiger charge is 2.41. The molecule has 2 N–H and O–H groups in total. The molecule has 3 heterocycles. The van der Waals surface area contributed by atoms with E-state index in [0.29, 0.717) is 11.7 Å². The summed E-state index contributed by atoms with van der Waals surface area (Å²) in [5, 5.41) is 7.86. The second-order valence-corrected chi connectivity index (χ2v) is 10.2. The first-order valence-corrected chi connectivity index (χ1v) is 13.5. The molecule has 0 bridgehead atoms. The van der Waals surface area contributed by atoms with Gasteiger partial charge in [-0.1, -0.05) is 61.2 Å². The van der Waals surface area contributed by atoms with Crippen molar-refractivity contribution >= 4 is 40.7 Å². The molecule has 2 aromatic heterocycles. The van der Waals surface area contributed by atoms with Gasteiger partial charge in [0.25, 0.3) is 0 Å². The van der Waals surface area contributed by atoms with Crippen LogP contribution in [0.25, 0.3) is 0 Å². The van der Waals surface area contributed by atoms with E-state index in [-0.39, 0.29) is 24.4 Å². The Morgan fingerprint density at radius 1 is 1.05 bits per heavy atom. The fourth-order valence-electron chi connectivity index (χ4n) is 4.49. The van der Waals surface area contributed by atoms with Gasteiger partial charge in [0.15, 0.2) is 10.2 Å². The molecule has 6 nitrogen and oxygen atoms in total. The van der Waals surface area contributed by atoms with Crippen LogP contribution in [0.5, 0.6) is 0 Å². The van der Waals surface area contributed by atoms with Gasteiger partial charge in [-0.15, -0.1) is 0 Å². The van der Waals surface area contributed by atoms with Crippen molar-refractivity contribution in [1.82, 2.24) is 15.2 Å². The molecule has 5 rings (SSSR count). The van der Waals surface area contributed by atoms with Crippen molar-refractivity contribution in [1.29, 1.82) is 0 Å². The summed E-state index contributed by atoms with van der Waals surface area (Å²) >= 11 is 7.31. The number of pyridine rings is 1. The summed E-state index contributed by atoms with van der Waals surface area (Å²) in [7, 11) is 0. The fraction of sp³-hybridized carbons (Fsp3) is 0.207. The number of furan rings is 1. The average Bonchev–Trinajstić information content (AvgIpc) is 3.52. The number of aryl methyl sites for hydroxylation is 1. The Labute approximate surface area is 226 Å². The number of nitrogens with one attached hydrogen (secondary N) is 2.